The Balaban J connectivity index is 1.65. The number of hydrogen-bond donors (Lipinski definition) is 1. The first-order valence-corrected chi connectivity index (χ1v) is 10.2. The molecule has 3 aromatic rings. The fourth-order valence-corrected chi connectivity index (χ4v) is 3.89. The van der Waals surface area contributed by atoms with Crippen molar-refractivity contribution in [1.82, 2.24) is 14.5 Å². The van der Waals surface area contributed by atoms with E-state index in [0.717, 1.165) is 4.88 Å². The second-order valence-electron chi connectivity index (χ2n) is 6.36. The number of carbonyl (C=O) groups excluding carboxylic acids is 2. The molecule has 0 spiro atoms. The van der Waals surface area contributed by atoms with Crippen LogP contribution >= 0.6 is 22.9 Å². The van der Waals surface area contributed by atoms with Crippen LogP contribution < -0.4 is 5.32 Å². The minimum Gasteiger partial charge on any atom is -0.337 e. The maximum atomic E-state index is 13.0. The van der Waals surface area contributed by atoms with Crippen LogP contribution in [0.2, 0.25) is 4.34 Å². The molecular formula is C21H21ClN4O2S. The van der Waals surface area contributed by atoms with Crippen LogP contribution in [-0.4, -0.2) is 32.8 Å². The maximum Gasteiger partial charge on any atom is 0.254 e. The van der Waals surface area contributed by atoms with Gasteiger partial charge in [0.15, 0.2) is 0 Å². The number of nitrogens with zero attached hydrogens (tertiary/aromatic N) is 3. The first-order chi connectivity index (χ1) is 14.0. The molecule has 0 unspecified atom stereocenters. The fourth-order valence-electron chi connectivity index (χ4n) is 2.79. The minimum atomic E-state index is -0.135. The second-order valence-corrected chi connectivity index (χ2v) is 8.16. The van der Waals surface area contributed by atoms with Crippen molar-refractivity contribution in [2.24, 2.45) is 0 Å². The molecule has 0 fully saturated rings. The van der Waals surface area contributed by atoms with Gasteiger partial charge < -0.3 is 14.8 Å². The van der Waals surface area contributed by atoms with Gasteiger partial charge in [-0.3, -0.25) is 9.59 Å². The van der Waals surface area contributed by atoms with Gasteiger partial charge in [0.1, 0.15) is 0 Å². The number of aromatic nitrogens is 2. The average molecular weight is 429 g/mol. The lowest BCUT2D eigenvalue weighted by Crippen LogP contribution is -2.30. The zero-order valence-corrected chi connectivity index (χ0v) is 17.3. The molecule has 0 aliphatic rings. The van der Waals surface area contributed by atoms with Crippen molar-refractivity contribution in [2.45, 2.75) is 19.5 Å². The predicted molar refractivity (Wildman–Crippen MR) is 116 cm³/mol. The van der Waals surface area contributed by atoms with E-state index in [2.05, 4.69) is 16.9 Å². The number of rotatable bonds is 9. The van der Waals surface area contributed by atoms with Crippen molar-refractivity contribution in [3.63, 3.8) is 0 Å². The van der Waals surface area contributed by atoms with Crippen molar-refractivity contribution in [3.8, 4) is 0 Å². The van der Waals surface area contributed by atoms with Gasteiger partial charge in [-0.05, 0) is 30.3 Å². The Labute approximate surface area is 178 Å². The van der Waals surface area contributed by atoms with Crippen LogP contribution in [0.4, 0.5) is 5.69 Å². The van der Waals surface area contributed by atoms with E-state index in [9.17, 15) is 9.59 Å². The number of imidazole rings is 1. The first kappa shape index (κ1) is 20.8. The van der Waals surface area contributed by atoms with Crippen molar-refractivity contribution in [2.75, 3.05) is 11.9 Å². The molecule has 2 aromatic heterocycles. The van der Waals surface area contributed by atoms with Crippen LogP contribution in [0.15, 0.2) is 67.8 Å². The monoisotopic (exact) mass is 428 g/mol. The summed E-state index contributed by atoms with van der Waals surface area (Å²) >= 11 is 7.44. The van der Waals surface area contributed by atoms with Gasteiger partial charge in [0, 0.05) is 48.0 Å². The number of aryl methyl sites for hydroxylation is 1. The molecule has 8 heteroatoms. The Morgan fingerprint density at radius 1 is 1.31 bits per heavy atom. The summed E-state index contributed by atoms with van der Waals surface area (Å²) in [6.07, 6.45) is 7.15. The molecule has 2 amide bonds. The lowest BCUT2D eigenvalue weighted by molar-refractivity contribution is -0.116. The summed E-state index contributed by atoms with van der Waals surface area (Å²) in [6, 6.07) is 10.7. The summed E-state index contributed by atoms with van der Waals surface area (Å²) in [6.45, 7) is 5.15. The van der Waals surface area contributed by atoms with Crippen molar-refractivity contribution in [1.29, 1.82) is 0 Å². The molecule has 0 bridgehead atoms. The molecule has 2 heterocycles. The molecule has 0 atom stereocenters. The molecule has 0 saturated carbocycles. The van der Waals surface area contributed by atoms with E-state index in [-0.39, 0.29) is 11.8 Å². The van der Waals surface area contributed by atoms with Crippen LogP contribution in [0.25, 0.3) is 0 Å². The van der Waals surface area contributed by atoms with Gasteiger partial charge in [0.2, 0.25) is 5.91 Å². The van der Waals surface area contributed by atoms with E-state index in [1.54, 1.807) is 47.8 Å². The fraction of sp³-hybridized carbons (Fsp3) is 0.190. The van der Waals surface area contributed by atoms with Crippen LogP contribution in [0.5, 0.6) is 0 Å². The number of nitrogens with one attached hydrogen (secondary N) is 1. The van der Waals surface area contributed by atoms with E-state index >= 15 is 0 Å². The quantitative estimate of drug-likeness (QED) is 0.512. The smallest absolute Gasteiger partial charge is 0.254 e. The third kappa shape index (κ3) is 6.04. The third-order valence-corrected chi connectivity index (χ3v) is 5.38. The summed E-state index contributed by atoms with van der Waals surface area (Å²) in [5, 5.41) is 2.84. The van der Waals surface area contributed by atoms with Gasteiger partial charge in [-0.15, -0.1) is 17.9 Å². The molecule has 0 aliphatic heterocycles. The molecular weight excluding hydrogens is 408 g/mol. The number of amides is 2. The van der Waals surface area contributed by atoms with E-state index in [0.29, 0.717) is 41.6 Å². The van der Waals surface area contributed by atoms with Gasteiger partial charge >= 0.3 is 0 Å². The SMILES string of the molecule is C=CCN(Cc1ccc(Cl)s1)C(=O)c1cccc(NC(=O)CCn2ccnc2)c1. The molecule has 1 aromatic carbocycles. The summed E-state index contributed by atoms with van der Waals surface area (Å²) in [5.74, 6) is -0.261. The summed E-state index contributed by atoms with van der Waals surface area (Å²) in [4.78, 5) is 31.8. The number of halogens is 1. The molecule has 6 nitrogen and oxygen atoms in total. The molecule has 3 rings (SSSR count). The number of anilines is 1. The van der Waals surface area contributed by atoms with Crippen molar-refractivity contribution in [3.05, 3.63) is 82.6 Å². The molecule has 0 radical (unpaired) electrons. The van der Waals surface area contributed by atoms with Gasteiger partial charge in [-0.2, -0.15) is 0 Å². The van der Waals surface area contributed by atoms with E-state index in [1.807, 2.05) is 22.9 Å². The van der Waals surface area contributed by atoms with Crippen molar-refractivity contribution >= 4 is 40.4 Å². The van der Waals surface area contributed by atoms with E-state index in [1.165, 1.54) is 11.3 Å². The van der Waals surface area contributed by atoms with Crippen LogP contribution in [-0.2, 0) is 17.9 Å². The average Bonchev–Trinajstić information content (AvgIpc) is 3.37. The summed E-state index contributed by atoms with van der Waals surface area (Å²) in [7, 11) is 0. The zero-order chi connectivity index (χ0) is 20.6. The highest BCUT2D eigenvalue weighted by Crippen LogP contribution is 2.23. The number of carbonyl (C=O) groups is 2. The summed E-state index contributed by atoms with van der Waals surface area (Å²) in [5.41, 5.74) is 1.09. The van der Waals surface area contributed by atoms with Gasteiger partial charge in [-0.1, -0.05) is 23.7 Å². The third-order valence-electron chi connectivity index (χ3n) is 4.16. The largest absolute Gasteiger partial charge is 0.337 e. The van der Waals surface area contributed by atoms with E-state index < -0.39 is 0 Å². The standard InChI is InChI=1S/C21H21ClN4O2S/c1-2-10-26(14-18-6-7-19(22)29-18)21(28)16-4-3-5-17(13-16)24-20(27)8-11-25-12-9-23-15-25/h2-7,9,12-13,15H,1,8,10-11,14H2,(H,24,27). The Morgan fingerprint density at radius 3 is 2.86 bits per heavy atom. The molecule has 1 N–H and O–H groups in total. The molecule has 0 saturated heterocycles. The highest BCUT2D eigenvalue weighted by atomic mass is 35.5. The second kappa shape index (κ2) is 10.0. The topological polar surface area (TPSA) is 67.2 Å². The predicted octanol–water partition coefficient (Wildman–Crippen LogP) is 4.46. The molecule has 0 aliphatic carbocycles. The number of benzene rings is 1. The van der Waals surface area contributed by atoms with Crippen LogP contribution in [0, 0.1) is 0 Å². The highest BCUT2D eigenvalue weighted by Gasteiger charge is 2.17. The highest BCUT2D eigenvalue weighted by molar-refractivity contribution is 7.16. The van der Waals surface area contributed by atoms with Gasteiger partial charge in [0.05, 0.1) is 17.2 Å². The Morgan fingerprint density at radius 2 is 2.17 bits per heavy atom. The normalized spacial score (nSPS) is 10.5. The van der Waals surface area contributed by atoms with Crippen molar-refractivity contribution < 1.29 is 9.59 Å². The number of hydrogen-bond acceptors (Lipinski definition) is 4. The zero-order valence-electron chi connectivity index (χ0n) is 15.8. The lowest BCUT2D eigenvalue weighted by atomic mass is 10.1. The van der Waals surface area contributed by atoms with Gasteiger partial charge in [-0.25, -0.2) is 4.98 Å². The Kier molecular flexibility index (Phi) is 7.21. The van der Waals surface area contributed by atoms with E-state index in [4.69, 9.17) is 11.6 Å². The van der Waals surface area contributed by atoms with Gasteiger partial charge in [0.25, 0.3) is 5.91 Å². The Hall–Kier alpha value is -2.90. The van der Waals surface area contributed by atoms with Crippen LogP contribution in [0.1, 0.15) is 21.7 Å². The molecule has 29 heavy (non-hydrogen) atoms. The molecule has 150 valence electrons. The lowest BCUT2D eigenvalue weighted by Gasteiger charge is -2.21. The Bertz CT molecular complexity index is 984. The minimum absolute atomic E-state index is 0.125. The maximum absolute atomic E-state index is 13.0. The summed E-state index contributed by atoms with van der Waals surface area (Å²) < 4.78 is 2.52. The number of thiophene rings is 1. The van der Waals surface area contributed by atoms with Crippen LogP contribution in [0.3, 0.4) is 0 Å². The first-order valence-electron chi connectivity index (χ1n) is 9.05.